The summed E-state index contributed by atoms with van der Waals surface area (Å²) in [6.45, 7) is 10.4. The summed E-state index contributed by atoms with van der Waals surface area (Å²) < 4.78 is 0. The van der Waals surface area contributed by atoms with Gasteiger partial charge in [0.2, 0.25) is 0 Å². The maximum absolute atomic E-state index is 3.79. The van der Waals surface area contributed by atoms with E-state index in [9.17, 15) is 0 Å². The van der Waals surface area contributed by atoms with E-state index in [1.54, 1.807) is 0 Å². The molecule has 0 bridgehead atoms. The van der Waals surface area contributed by atoms with Gasteiger partial charge in [-0.2, -0.15) is 0 Å². The monoisotopic (exact) mass is 174 g/mol. The highest BCUT2D eigenvalue weighted by atomic mass is 14.1. The van der Waals surface area contributed by atoms with Crippen LogP contribution in [-0.2, 0) is 0 Å². The molecule has 1 aromatic carbocycles. The Hall–Kier alpha value is -1.04. The van der Waals surface area contributed by atoms with Crippen molar-refractivity contribution in [3.8, 4) is 0 Å². The third kappa shape index (κ3) is 2.21. The maximum atomic E-state index is 3.79. The van der Waals surface area contributed by atoms with Crippen LogP contribution in [0.5, 0.6) is 0 Å². The Bertz CT molecular complexity index is 277. The van der Waals surface area contributed by atoms with Crippen molar-refractivity contribution in [2.75, 3.05) is 0 Å². The fourth-order valence-electron chi connectivity index (χ4n) is 1.97. The second kappa shape index (κ2) is 4.27. The zero-order valence-corrected chi connectivity index (χ0v) is 8.80. The Morgan fingerprint density at radius 3 is 2.31 bits per heavy atom. The summed E-state index contributed by atoms with van der Waals surface area (Å²) in [7, 11) is 0. The molecule has 0 aromatic heterocycles. The molecule has 0 aliphatic carbocycles. The van der Waals surface area contributed by atoms with Gasteiger partial charge in [0.05, 0.1) is 0 Å². The summed E-state index contributed by atoms with van der Waals surface area (Å²) in [6, 6.07) is 6.48. The van der Waals surface area contributed by atoms with E-state index < -0.39 is 0 Å². The molecular weight excluding hydrogens is 156 g/mol. The molecule has 0 aliphatic heterocycles. The highest BCUT2D eigenvalue weighted by Crippen LogP contribution is 2.25. The molecule has 0 nitrogen and oxygen atoms in total. The lowest BCUT2D eigenvalue weighted by Gasteiger charge is -2.15. The highest BCUT2D eigenvalue weighted by molar-refractivity contribution is 5.36. The van der Waals surface area contributed by atoms with Crippen LogP contribution in [0.15, 0.2) is 30.9 Å². The molecule has 0 saturated carbocycles. The summed E-state index contributed by atoms with van der Waals surface area (Å²) in [5, 5.41) is 0. The number of hydrogen-bond donors (Lipinski definition) is 0. The summed E-state index contributed by atoms with van der Waals surface area (Å²) in [5.74, 6) is 0.596. The van der Waals surface area contributed by atoms with Gasteiger partial charge in [-0.1, -0.05) is 31.2 Å². The van der Waals surface area contributed by atoms with Crippen molar-refractivity contribution in [3.05, 3.63) is 47.5 Å². The van der Waals surface area contributed by atoms with Crippen LogP contribution in [0.25, 0.3) is 0 Å². The van der Waals surface area contributed by atoms with Gasteiger partial charge < -0.3 is 0 Å². The van der Waals surface area contributed by atoms with Crippen LogP contribution < -0.4 is 0 Å². The van der Waals surface area contributed by atoms with Gasteiger partial charge >= 0.3 is 0 Å². The molecule has 0 N–H and O–H groups in total. The fraction of sp³-hybridized carbons (Fsp3) is 0.385. The van der Waals surface area contributed by atoms with Crippen molar-refractivity contribution in [3.63, 3.8) is 0 Å². The zero-order chi connectivity index (χ0) is 9.84. The van der Waals surface area contributed by atoms with E-state index in [1.165, 1.54) is 16.7 Å². The summed E-state index contributed by atoms with van der Waals surface area (Å²) in [5.41, 5.74) is 4.28. The Morgan fingerprint density at radius 1 is 1.31 bits per heavy atom. The average molecular weight is 174 g/mol. The topological polar surface area (TPSA) is 0 Å². The Labute approximate surface area is 81.3 Å². The molecule has 1 atom stereocenters. The lowest BCUT2D eigenvalue weighted by molar-refractivity contribution is 0.768. The van der Waals surface area contributed by atoms with Gasteiger partial charge in [0.1, 0.15) is 0 Å². The quantitative estimate of drug-likeness (QED) is 0.608. The first-order valence-corrected chi connectivity index (χ1v) is 4.83. The molecule has 70 valence electrons. The number of allylic oxidation sites excluding steroid dienone is 1. The van der Waals surface area contributed by atoms with Crippen LogP contribution in [0.2, 0.25) is 0 Å². The second-order valence-corrected chi connectivity index (χ2v) is 3.73. The number of rotatable bonds is 3. The van der Waals surface area contributed by atoms with E-state index in [0.29, 0.717) is 5.92 Å². The van der Waals surface area contributed by atoms with Gasteiger partial charge in [0.25, 0.3) is 0 Å². The van der Waals surface area contributed by atoms with Crippen molar-refractivity contribution in [2.45, 2.75) is 33.1 Å². The summed E-state index contributed by atoms with van der Waals surface area (Å²) >= 11 is 0. The second-order valence-electron chi connectivity index (χ2n) is 3.73. The predicted molar refractivity (Wildman–Crippen MR) is 59.1 cm³/mol. The van der Waals surface area contributed by atoms with E-state index in [1.807, 2.05) is 6.08 Å². The third-order valence-electron chi connectivity index (χ3n) is 2.56. The van der Waals surface area contributed by atoms with Crippen LogP contribution in [0, 0.1) is 13.8 Å². The van der Waals surface area contributed by atoms with Crippen molar-refractivity contribution in [2.24, 2.45) is 0 Å². The van der Waals surface area contributed by atoms with Crippen LogP contribution in [-0.4, -0.2) is 0 Å². The van der Waals surface area contributed by atoms with Gasteiger partial charge in [0, 0.05) is 0 Å². The van der Waals surface area contributed by atoms with Gasteiger partial charge in [0.15, 0.2) is 0 Å². The molecule has 1 unspecified atom stereocenters. The standard InChI is InChI=1S/C13H18/c1-5-7-10(2)13-11(3)8-6-9-12(13)4/h5-6,8-10H,1,7H2,2-4H3. The lowest BCUT2D eigenvalue weighted by Crippen LogP contribution is -1.98. The molecule has 13 heavy (non-hydrogen) atoms. The van der Waals surface area contributed by atoms with E-state index in [0.717, 1.165) is 6.42 Å². The Kier molecular flexibility index (Phi) is 3.30. The minimum absolute atomic E-state index is 0.596. The number of aryl methyl sites for hydroxylation is 2. The molecule has 0 aliphatic rings. The van der Waals surface area contributed by atoms with Crippen LogP contribution in [0.3, 0.4) is 0 Å². The summed E-state index contributed by atoms with van der Waals surface area (Å²) in [4.78, 5) is 0. The molecule has 1 aromatic rings. The normalized spacial score (nSPS) is 12.5. The predicted octanol–water partition coefficient (Wildman–Crippen LogP) is 3.98. The van der Waals surface area contributed by atoms with Gasteiger partial charge in [-0.3, -0.25) is 0 Å². The van der Waals surface area contributed by atoms with Crippen LogP contribution >= 0.6 is 0 Å². The minimum atomic E-state index is 0.596. The van der Waals surface area contributed by atoms with E-state index in [-0.39, 0.29) is 0 Å². The largest absolute Gasteiger partial charge is 0.103 e. The maximum Gasteiger partial charge on any atom is -0.0151 e. The molecule has 1 rings (SSSR count). The van der Waals surface area contributed by atoms with Gasteiger partial charge in [-0.25, -0.2) is 0 Å². The van der Waals surface area contributed by atoms with Crippen LogP contribution in [0.4, 0.5) is 0 Å². The Morgan fingerprint density at radius 2 is 1.85 bits per heavy atom. The fourth-order valence-corrected chi connectivity index (χ4v) is 1.97. The first-order chi connectivity index (χ1) is 6.16. The highest BCUT2D eigenvalue weighted by Gasteiger charge is 2.08. The lowest BCUT2D eigenvalue weighted by atomic mass is 9.90. The molecule has 0 heteroatoms. The van der Waals surface area contributed by atoms with E-state index >= 15 is 0 Å². The van der Waals surface area contributed by atoms with Gasteiger partial charge in [-0.05, 0) is 42.9 Å². The molecule has 0 fully saturated rings. The molecule has 0 radical (unpaired) electrons. The van der Waals surface area contributed by atoms with E-state index in [4.69, 9.17) is 0 Å². The molecule has 0 spiro atoms. The van der Waals surface area contributed by atoms with Crippen molar-refractivity contribution in [1.82, 2.24) is 0 Å². The van der Waals surface area contributed by atoms with Crippen molar-refractivity contribution in [1.29, 1.82) is 0 Å². The minimum Gasteiger partial charge on any atom is -0.103 e. The van der Waals surface area contributed by atoms with Gasteiger partial charge in [-0.15, -0.1) is 6.58 Å². The zero-order valence-electron chi connectivity index (χ0n) is 8.80. The number of hydrogen-bond acceptors (Lipinski definition) is 0. The smallest absolute Gasteiger partial charge is 0.0151 e. The summed E-state index contributed by atoms with van der Waals surface area (Å²) in [6.07, 6.45) is 3.06. The Balaban J connectivity index is 3.04. The molecule has 0 heterocycles. The first-order valence-electron chi connectivity index (χ1n) is 4.83. The molecule has 0 saturated heterocycles. The van der Waals surface area contributed by atoms with E-state index in [2.05, 4.69) is 45.5 Å². The number of benzene rings is 1. The third-order valence-corrected chi connectivity index (χ3v) is 2.56. The first kappa shape index (κ1) is 10.0. The van der Waals surface area contributed by atoms with Crippen LogP contribution in [0.1, 0.15) is 36.0 Å². The van der Waals surface area contributed by atoms with Crippen molar-refractivity contribution >= 4 is 0 Å². The molecular formula is C13H18. The molecule has 0 amide bonds. The van der Waals surface area contributed by atoms with Crippen molar-refractivity contribution < 1.29 is 0 Å². The average Bonchev–Trinajstić information content (AvgIpc) is 2.04. The SMILES string of the molecule is C=CCC(C)c1c(C)cccc1C.